The van der Waals surface area contributed by atoms with E-state index in [1.54, 1.807) is 0 Å². The van der Waals surface area contributed by atoms with Crippen molar-refractivity contribution in [1.82, 2.24) is 0 Å². The summed E-state index contributed by atoms with van der Waals surface area (Å²) in [6.07, 6.45) is -18.8. The summed E-state index contributed by atoms with van der Waals surface area (Å²) in [6, 6.07) is -4.57. The van der Waals surface area contributed by atoms with Crippen LogP contribution in [0.1, 0.15) is 12.8 Å². The van der Waals surface area contributed by atoms with E-state index >= 15 is 0 Å². The predicted molar refractivity (Wildman–Crippen MR) is 72.7 cm³/mol. The van der Waals surface area contributed by atoms with Crippen molar-refractivity contribution in [3.8, 4) is 0 Å². The molecule has 0 aliphatic rings. The van der Waals surface area contributed by atoms with Crippen molar-refractivity contribution in [2.45, 2.75) is 55.9 Å². The lowest BCUT2D eigenvalue weighted by atomic mass is 10.00. The zero-order chi connectivity index (χ0) is 16.8. The fourth-order valence-electron chi connectivity index (χ4n) is 1.52. The fourth-order valence-corrected chi connectivity index (χ4v) is 3.51. The van der Waals surface area contributed by atoms with Gasteiger partial charge in [-0.1, -0.05) is 0 Å². The maximum atomic E-state index is 13.4. The van der Waals surface area contributed by atoms with Gasteiger partial charge in [0, 0.05) is 6.04 Å². The summed E-state index contributed by atoms with van der Waals surface area (Å²) >= 11 is 15.9. The van der Waals surface area contributed by atoms with Gasteiger partial charge in [0.2, 0.25) is 0 Å². The first-order valence-corrected chi connectivity index (χ1v) is 11.2. The molecule has 0 bridgehead atoms. The lowest BCUT2D eigenvalue weighted by Gasteiger charge is -2.25. The molecule has 6 unspecified atom stereocenters. The van der Waals surface area contributed by atoms with Gasteiger partial charge < -0.3 is 0 Å². The number of hydrogen-bond acceptors (Lipinski definition) is 0. The molecule has 0 heterocycles. The Kier molecular flexibility index (Phi) is 9.95. The van der Waals surface area contributed by atoms with Gasteiger partial charge in [0.05, 0.1) is 6.67 Å². The second kappa shape index (κ2) is 9.67. The first kappa shape index (κ1) is 21.6. The van der Waals surface area contributed by atoms with Crippen LogP contribution in [-0.4, -0.2) is 49.7 Å². The molecule has 0 amide bonds. The standard InChI is InChI=1S/C10H14Cl3F7Si/c11-21(12,13)4-6(16)8(18)10(20)9(19)7(17)5(15)2-1-3-14/h5-10H,1-4H2. The third-order valence-corrected chi connectivity index (χ3v) is 4.89. The minimum atomic E-state index is -3.63. The molecule has 0 nitrogen and oxygen atoms in total. The van der Waals surface area contributed by atoms with Crippen molar-refractivity contribution in [3.05, 3.63) is 0 Å². The molecule has 0 fully saturated rings. The topological polar surface area (TPSA) is 0 Å². The van der Waals surface area contributed by atoms with Gasteiger partial charge in [-0.3, -0.25) is 4.39 Å². The van der Waals surface area contributed by atoms with Crippen LogP contribution in [0, 0.1) is 0 Å². The highest BCUT2D eigenvalue weighted by Crippen LogP contribution is 2.32. The quantitative estimate of drug-likeness (QED) is 0.260. The highest BCUT2D eigenvalue weighted by Gasteiger charge is 2.45. The molecule has 0 rings (SSSR count). The third-order valence-electron chi connectivity index (χ3n) is 2.64. The Morgan fingerprint density at radius 1 is 0.714 bits per heavy atom. The number of alkyl halides is 7. The molecule has 0 aromatic rings. The van der Waals surface area contributed by atoms with Gasteiger partial charge in [0.15, 0.2) is 24.7 Å². The average Bonchev–Trinajstić information content (AvgIpc) is 2.39. The van der Waals surface area contributed by atoms with Crippen molar-refractivity contribution in [1.29, 1.82) is 0 Å². The highest BCUT2D eigenvalue weighted by atomic mass is 35.8. The first-order chi connectivity index (χ1) is 9.51. The molecule has 128 valence electrons. The molecule has 6 atom stereocenters. The van der Waals surface area contributed by atoms with Crippen molar-refractivity contribution < 1.29 is 30.7 Å². The van der Waals surface area contributed by atoms with Crippen molar-refractivity contribution in [3.63, 3.8) is 0 Å². The predicted octanol–water partition coefficient (Wildman–Crippen LogP) is 5.42. The average molecular weight is 402 g/mol. The molecular weight excluding hydrogens is 388 g/mol. The highest BCUT2D eigenvalue weighted by molar-refractivity contribution is 7.64. The van der Waals surface area contributed by atoms with E-state index in [0.717, 1.165) is 0 Å². The zero-order valence-corrected chi connectivity index (χ0v) is 13.8. The SMILES string of the molecule is FCCCC(F)C(F)C(F)C(F)C(F)C(F)C[Si](Cl)(Cl)Cl. The molecule has 0 spiro atoms. The van der Waals surface area contributed by atoms with Crippen molar-refractivity contribution >= 4 is 39.2 Å². The van der Waals surface area contributed by atoms with Crippen LogP contribution in [0.25, 0.3) is 0 Å². The molecule has 0 aromatic heterocycles. The summed E-state index contributed by atoms with van der Waals surface area (Å²) in [6.45, 7) is -0.963. The van der Waals surface area contributed by atoms with E-state index in [2.05, 4.69) is 0 Å². The van der Waals surface area contributed by atoms with E-state index < -0.39 is 68.6 Å². The largest absolute Gasteiger partial charge is 0.344 e. The van der Waals surface area contributed by atoms with E-state index in [9.17, 15) is 30.7 Å². The summed E-state index contributed by atoms with van der Waals surface area (Å²) in [5.41, 5.74) is 0. The maximum Gasteiger partial charge on any atom is 0.344 e. The Bertz CT molecular complexity index is 294. The lowest BCUT2D eigenvalue weighted by molar-refractivity contribution is -0.0187. The molecule has 11 heteroatoms. The van der Waals surface area contributed by atoms with E-state index in [-0.39, 0.29) is 0 Å². The van der Waals surface area contributed by atoms with Crippen molar-refractivity contribution in [2.75, 3.05) is 6.67 Å². The van der Waals surface area contributed by atoms with Crippen LogP contribution in [0.15, 0.2) is 0 Å². The molecular formula is C10H14Cl3F7Si. The molecule has 0 saturated carbocycles. The van der Waals surface area contributed by atoms with Gasteiger partial charge in [-0.25, -0.2) is 26.3 Å². The summed E-state index contributed by atoms with van der Waals surface area (Å²) in [7, 11) is 0. The first-order valence-electron chi connectivity index (χ1n) is 5.98. The normalized spacial score (nSPS) is 21.4. The van der Waals surface area contributed by atoms with Gasteiger partial charge in [-0.05, 0) is 12.8 Å². The van der Waals surface area contributed by atoms with Crippen molar-refractivity contribution in [2.24, 2.45) is 0 Å². The summed E-state index contributed by atoms with van der Waals surface area (Å²) < 4.78 is 91.5. The second-order valence-corrected chi connectivity index (χ2v) is 13.6. The lowest BCUT2D eigenvalue weighted by Crippen LogP contribution is -2.43. The summed E-state index contributed by atoms with van der Waals surface area (Å²) in [5.74, 6) is 0. The zero-order valence-electron chi connectivity index (χ0n) is 10.6. The van der Waals surface area contributed by atoms with Crippen LogP contribution in [0.5, 0.6) is 0 Å². The van der Waals surface area contributed by atoms with Crippen LogP contribution in [0.3, 0.4) is 0 Å². The Hall–Kier alpha value is 0.597. The summed E-state index contributed by atoms with van der Waals surface area (Å²) in [5, 5.41) is 0. The Morgan fingerprint density at radius 3 is 1.52 bits per heavy atom. The molecule has 0 saturated heterocycles. The molecule has 0 radical (unpaired) electrons. The van der Waals surface area contributed by atoms with Gasteiger partial charge in [-0.2, -0.15) is 0 Å². The van der Waals surface area contributed by atoms with Gasteiger partial charge in [0.1, 0.15) is 12.3 Å². The molecule has 21 heavy (non-hydrogen) atoms. The minimum Gasteiger partial charge on any atom is -0.251 e. The monoisotopic (exact) mass is 400 g/mol. The van der Waals surface area contributed by atoms with Crippen LogP contribution >= 0.6 is 33.2 Å². The minimum absolute atomic E-state index is 0.394. The molecule has 0 aliphatic carbocycles. The Labute approximate surface area is 133 Å². The number of rotatable bonds is 10. The van der Waals surface area contributed by atoms with Crippen LogP contribution < -0.4 is 0 Å². The van der Waals surface area contributed by atoms with Crippen LogP contribution in [0.4, 0.5) is 30.7 Å². The van der Waals surface area contributed by atoms with E-state index in [4.69, 9.17) is 33.2 Å². The molecule has 0 aliphatic heterocycles. The molecule has 0 aromatic carbocycles. The molecule has 0 N–H and O–H groups in total. The smallest absolute Gasteiger partial charge is 0.251 e. The second-order valence-electron chi connectivity index (χ2n) is 4.46. The summed E-state index contributed by atoms with van der Waals surface area (Å²) in [4.78, 5) is 0. The van der Waals surface area contributed by atoms with Gasteiger partial charge >= 0.3 is 6.00 Å². The Balaban J connectivity index is 4.56. The van der Waals surface area contributed by atoms with E-state index in [1.165, 1.54) is 0 Å². The van der Waals surface area contributed by atoms with Crippen LogP contribution in [-0.2, 0) is 0 Å². The number of hydrogen-bond donors (Lipinski definition) is 0. The van der Waals surface area contributed by atoms with Gasteiger partial charge in [0.25, 0.3) is 0 Å². The number of halogens is 10. The fraction of sp³-hybridized carbons (Fsp3) is 1.00. The van der Waals surface area contributed by atoms with Crippen LogP contribution in [0.2, 0.25) is 6.04 Å². The van der Waals surface area contributed by atoms with E-state index in [1.807, 2.05) is 0 Å². The maximum absolute atomic E-state index is 13.4. The van der Waals surface area contributed by atoms with E-state index in [0.29, 0.717) is 0 Å². The Morgan fingerprint density at radius 2 is 1.14 bits per heavy atom. The third kappa shape index (κ3) is 8.13. The van der Waals surface area contributed by atoms with Gasteiger partial charge in [-0.15, -0.1) is 33.2 Å².